The molecule has 0 aliphatic carbocycles. The number of anilines is 2. The summed E-state index contributed by atoms with van der Waals surface area (Å²) in [6, 6.07) is 15.6. The Bertz CT molecular complexity index is 1270. The minimum Gasteiger partial charge on any atom is -0.350 e. The molecule has 0 bridgehead atoms. The third-order valence-electron chi connectivity index (χ3n) is 5.28. The van der Waals surface area contributed by atoms with E-state index in [0.717, 1.165) is 11.1 Å². The first-order valence-electron chi connectivity index (χ1n) is 10.2. The average Bonchev–Trinajstić information content (AvgIpc) is 3.02. The van der Waals surface area contributed by atoms with Crippen molar-refractivity contribution in [2.75, 3.05) is 10.6 Å². The molecule has 0 fully saturated rings. The highest BCUT2D eigenvalue weighted by atomic mass is 35.5. The molecule has 4 rings (SSSR count). The van der Waals surface area contributed by atoms with Crippen molar-refractivity contribution in [1.29, 1.82) is 0 Å². The lowest BCUT2D eigenvalue weighted by Crippen LogP contribution is -2.32. The largest absolute Gasteiger partial charge is 0.350 e. The third-order valence-corrected chi connectivity index (χ3v) is 5.69. The molecule has 3 amide bonds. The summed E-state index contributed by atoms with van der Waals surface area (Å²) in [5.41, 5.74) is 3.76. The fourth-order valence-corrected chi connectivity index (χ4v) is 3.75. The highest BCUT2D eigenvalue weighted by Gasteiger charge is 2.39. The molecule has 3 aromatic rings. The SMILES string of the molecule is CC(=O)Nc1ccc(C2=C(Nc3cccc(Cl)c3C)C(=O)N(Cc3ccncc3)C2=O)cc1. The zero-order valence-corrected chi connectivity index (χ0v) is 18.8. The van der Waals surface area contributed by atoms with Gasteiger partial charge in [0.2, 0.25) is 5.91 Å². The van der Waals surface area contributed by atoms with Crippen LogP contribution in [0.5, 0.6) is 0 Å². The molecule has 1 aliphatic rings. The molecule has 7 nitrogen and oxygen atoms in total. The van der Waals surface area contributed by atoms with Gasteiger partial charge >= 0.3 is 0 Å². The van der Waals surface area contributed by atoms with Gasteiger partial charge in [0.25, 0.3) is 11.8 Å². The van der Waals surface area contributed by atoms with Crippen LogP contribution in [0.1, 0.15) is 23.6 Å². The van der Waals surface area contributed by atoms with Crippen molar-refractivity contribution in [3.63, 3.8) is 0 Å². The number of hydrogen-bond donors (Lipinski definition) is 2. The monoisotopic (exact) mass is 460 g/mol. The van der Waals surface area contributed by atoms with E-state index in [-0.39, 0.29) is 23.7 Å². The Morgan fingerprint density at radius 2 is 1.70 bits per heavy atom. The van der Waals surface area contributed by atoms with Crippen molar-refractivity contribution >= 4 is 46.3 Å². The van der Waals surface area contributed by atoms with Gasteiger partial charge in [-0.05, 0) is 60.0 Å². The molecule has 1 aromatic heterocycles. The number of nitrogens with one attached hydrogen (secondary N) is 2. The van der Waals surface area contributed by atoms with Crippen LogP contribution in [0.25, 0.3) is 5.57 Å². The molecular formula is C25H21ClN4O3. The maximum absolute atomic E-state index is 13.4. The number of amides is 3. The van der Waals surface area contributed by atoms with E-state index in [4.69, 9.17) is 11.6 Å². The predicted octanol–water partition coefficient (Wildman–Crippen LogP) is 4.39. The summed E-state index contributed by atoms with van der Waals surface area (Å²) in [5, 5.41) is 6.39. The van der Waals surface area contributed by atoms with E-state index in [9.17, 15) is 14.4 Å². The number of benzene rings is 2. The molecule has 0 saturated carbocycles. The molecule has 0 radical (unpaired) electrons. The van der Waals surface area contributed by atoms with Gasteiger partial charge in [0.1, 0.15) is 5.70 Å². The van der Waals surface area contributed by atoms with Crippen LogP contribution in [0.4, 0.5) is 11.4 Å². The zero-order valence-electron chi connectivity index (χ0n) is 18.1. The summed E-state index contributed by atoms with van der Waals surface area (Å²) >= 11 is 6.25. The molecule has 8 heteroatoms. The van der Waals surface area contributed by atoms with E-state index in [2.05, 4.69) is 15.6 Å². The quantitative estimate of drug-likeness (QED) is 0.532. The maximum Gasteiger partial charge on any atom is 0.278 e. The van der Waals surface area contributed by atoms with E-state index >= 15 is 0 Å². The van der Waals surface area contributed by atoms with Crippen LogP contribution in [0.3, 0.4) is 0 Å². The first-order valence-corrected chi connectivity index (χ1v) is 10.6. The van der Waals surface area contributed by atoms with Crippen molar-refractivity contribution in [2.24, 2.45) is 0 Å². The van der Waals surface area contributed by atoms with Crippen molar-refractivity contribution in [1.82, 2.24) is 9.88 Å². The second-order valence-electron chi connectivity index (χ2n) is 7.60. The van der Waals surface area contributed by atoms with Crippen molar-refractivity contribution in [2.45, 2.75) is 20.4 Å². The molecule has 2 N–H and O–H groups in total. The number of halogens is 1. The minimum atomic E-state index is -0.433. The van der Waals surface area contributed by atoms with Crippen LogP contribution in [-0.2, 0) is 20.9 Å². The third kappa shape index (κ3) is 4.63. The standard InChI is InChI=1S/C25H21ClN4O3/c1-15-20(26)4-3-5-21(15)29-23-22(18-6-8-19(9-7-18)28-16(2)31)24(32)30(25(23)33)14-17-10-12-27-13-11-17/h3-13,29H,14H2,1-2H3,(H,28,31). The van der Waals surface area contributed by atoms with Gasteiger partial charge < -0.3 is 10.6 Å². The van der Waals surface area contributed by atoms with E-state index < -0.39 is 11.8 Å². The molecule has 0 saturated heterocycles. The van der Waals surface area contributed by atoms with Gasteiger partial charge in [0.05, 0.1) is 12.1 Å². The molecule has 2 aromatic carbocycles. The maximum atomic E-state index is 13.4. The van der Waals surface area contributed by atoms with Crippen LogP contribution in [0.2, 0.25) is 5.02 Å². The fraction of sp³-hybridized carbons (Fsp3) is 0.120. The summed E-state index contributed by atoms with van der Waals surface area (Å²) in [6.07, 6.45) is 3.23. The van der Waals surface area contributed by atoms with Gasteiger partial charge in [0, 0.05) is 35.7 Å². The molecule has 0 unspecified atom stereocenters. The lowest BCUT2D eigenvalue weighted by Gasteiger charge is -2.16. The first kappa shape index (κ1) is 22.2. The lowest BCUT2D eigenvalue weighted by atomic mass is 10.0. The highest BCUT2D eigenvalue weighted by Crippen LogP contribution is 2.33. The van der Waals surface area contributed by atoms with E-state index in [0.29, 0.717) is 22.0 Å². The Morgan fingerprint density at radius 3 is 2.36 bits per heavy atom. The van der Waals surface area contributed by atoms with Crippen LogP contribution >= 0.6 is 11.6 Å². The molecular weight excluding hydrogens is 440 g/mol. The topological polar surface area (TPSA) is 91.4 Å². The Labute approximate surface area is 196 Å². The number of imide groups is 1. The van der Waals surface area contributed by atoms with Crippen molar-refractivity contribution < 1.29 is 14.4 Å². The zero-order chi connectivity index (χ0) is 23.5. The second-order valence-corrected chi connectivity index (χ2v) is 8.01. The van der Waals surface area contributed by atoms with E-state index in [1.807, 2.05) is 6.92 Å². The summed E-state index contributed by atoms with van der Waals surface area (Å²) in [4.78, 5) is 43.3. The lowest BCUT2D eigenvalue weighted by molar-refractivity contribution is -0.137. The summed E-state index contributed by atoms with van der Waals surface area (Å²) in [5.74, 6) is -1.04. The molecule has 0 spiro atoms. The van der Waals surface area contributed by atoms with Gasteiger partial charge in [-0.15, -0.1) is 0 Å². The predicted molar refractivity (Wildman–Crippen MR) is 127 cm³/mol. The van der Waals surface area contributed by atoms with Crippen LogP contribution < -0.4 is 10.6 Å². The normalized spacial score (nSPS) is 13.5. The minimum absolute atomic E-state index is 0.118. The number of hydrogen-bond acceptors (Lipinski definition) is 5. The van der Waals surface area contributed by atoms with Crippen LogP contribution in [0, 0.1) is 6.92 Å². The number of pyridine rings is 1. The summed E-state index contributed by atoms with van der Waals surface area (Å²) in [6.45, 7) is 3.37. The smallest absolute Gasteiger partial charge is 0.278 e. The Kier molecular flexibility index (Phi) is 6.24. The summed E-state index contributed by atoms with van der Waals surface area (Å²) < 4.78 is 0. The summed E-state index contributed by atoms with van der Waals surface area (Å²) in [7, 11) is 0. The number of carbonyl (C=O) groups excluding carboxylic acids is 3. The van der Waals surface area contributed by atoms with Crippen molar-refractivity contribution in [3.8, 4) is 0 Å². The number of rotatable bonds is 6. The molecule has 33 heavy (non-hydrogen) atoms. The molecule has 2 heterocycles. The van der Waals surface area contributed by atoms with Gasteiger partial charge in [-0.2, -0.15) is 0 Å². The number of nitrogens with zero attached hydrogens (tertiary/aromatic N) is 2. The first-order chi connectivity index (χ1) is 15.8. The van der Waals surface area contributed by atoms with Crippen LogP contribution in [-0.4, -0.2) is 27.6 Å². The van der Waals surface area contributed by atoms with E-state index in [1.54, 1.807) is 67.0 Å². The Balaban J connectivity index is 1.75. The van der Waals surface area contributed by atoms with Gasteiger partial charge in [0.15, 0.2) is 0 Å². The number of aromatic nitrogens is 1. The highest BCUT2D eigenvalue weighted by molar-refractivity contribution is 6.36. The fourth-order valence-electron chi connectivity index (χ4n) is 3.58. The van der Waals surface area contributed by atoms with Gasteiger partial charge in [-0.3, -0.25) is 24.3 Å². The second kappa shape index (κ2) is 9.26. The van der Waals surface area contributed by atoms with E-state index in [1.165, 1.54) is 11.8 Å². The average molecular weight is 461 g/mol. The Hall–Kier alpha value is -3.97. The number of carbonyl (C=O) groups is 3. The van der Waals surface area contributed by atoms with Crippen molar-refractivity contribution in [3.05, 3.63) is 94.4 Å². The molecule has 166 valence electrons. The van der Waals surface area contributed by atoms with Gasteiger partial charge in [-0.25, -0.2) is 0 Å². The van der Waals surface area contributed by atoms with Gasteiger partial charge in [-0.1, -0.05) is 29.8 Å². The Morgan fingerprint density at radius 1 is 1.00 bits per heavy atom. The molecule has 0 atom stereocenters. The molecule has 1 aliphatic heterocycles. The van der Waals surface area contributed by atoms with Crippen LogP contribution in [0.15, 0.2) is 72.7 Å².